The summed E-state index contributed by atoms with van der Waals surface area (Å²) in [6.45, 7) is 4.30. The van der Waals surface area contributed by atoms with Crippen LogP contribution < -0.4 is 5.32 Å². The molecule has 0 radical (unpaired) electrons. The van der Waals surface area contributed by atoms with E-state index >= 15 is 0 Å². The Hall–Kier alpha value is -1.38. The van der Waals surface area contributed by atoms with Crippen molar-refractivity contribution in [2.75, 3.05) is 6.67 Å². The molecule has 0 aromatic heterocycles. The zero-order chi connectivity index (χ0) is 9.40. The van der Waals surface area contributed by atoms with E-state index in [1.807, 2.05) is 0 Å². The van der Waals surface area contributed by atoms with E-state index in [2.05, 4.69) is 11.9 Å². The largest absolute Gasteiger partial charge is 0.326 e. The molecule has 0 aromatic carbocycles. The number of alkyl halides is 1. The minimum Gasteiger partial charge on any atom is -0.326 e. The lowest BCUT2D eigenvalue weighted by Gasteiger charge is -1.99. The van der Waals surface area contributed by atoms with E-state index in [0.29, 0.717) is 5.70 Å². The Balaban J connectivity index is 4.23. The molecule has 0 aromatic rings. The molecule has 0 aliphatic heterocycles. The molecule has 0 aliphatic carbocycles. The van der Waals surface area contributed by atoms with Crippen LogP contribution in [0.15, 0.2) is 36.6 Å². The van der Waals surface area contributed by atoms with E-state index in [0.717, 1.165) is 0 Å². The van der Waals surface area contributed by atoms with Crippen LogP contribution in [-0.2, 0) is 4.79 Å². The maximum Gasteiger partial charge on any atom is 0.221 e. The number of hydrogen-bond donors (Lipinski definition) is 1. The van der Waals surface area contributed by atoms with Crippen molar-refractivity contribution in [3.63, 3.8) is 0 Å². The maximum atomic E-state index is 11.7. The van der Waals surface area contributed by atoms with Crippen LogP contribution >= 0.6 is 0 Å². The van der Waals surface area contributed by atoms with E-state index in [1.54, 1.807) is 6.08 Å². The van der Waals surface area contributed by atoms with Crippen LogP contribution in [0.25, 0.3) is 0 Å². The van der Waals surface area contributed by atoms with Crippen molar-refractivity contribution in [2.45, 2.75) is 6.92 Å². The summed E-state index contributed by atoms with van der Waals surface area (Å²) in [4.78, 5) is 10.6. The maximum absolute atomic E-state index is 11.7. The van der Waals surface area contributed by atoms with Gasteiger partial charge in [-0.25, -0.2) is 4.39 Å². The standard InChI is InChI=1S/C9H12FNO/c1-3-5-9(6-4-7-10)11-8(2)12/h3-6H,1,7H2,2H3,(H,11,12)/b6-4-,9-5+. The number of rotatable bonds is 4. The molecule has 3 heteroatoms. The molecule has 0 fully saturated rings. The number of carbonyl (C=O) groups is 1. The summed E-state index contributed by atoms with van der Waals surface area (Å²) in [5.41, 5.74) is 0.537. The van der Waals surface area contributed by atoms with E-state index < -0.39 is 6.67 Å². The molecule has 0 saturated heterocycles. The predicted octanol–water partition coefficient (Wildman–Crippen LogP) is 1.72. The highest BCUT2D eigenvalue weighted by Gasteiger charge is 1.92. The fourth-order valence-corrected chi connectivity index (χ4v) is 0.641. The summed E-state index contributed by atoms with van der Waals surface area (Å²) in [6.07, 6.45) is 5.91. The Labute approximate surface area is 71.5 Å². The smallest absolute Gasteiger partial charge is 0.221 e. The Kier molecular flexibility index (Phi) is 5.61. The summed E-state index contributed by atoms with van der Waals surface area (Å²) >= 11 is 0. The Morgan fingerprint density at radius 3 is 2.75 bits per heavy atom. The molecule has 0 saturated carbocycles. The molecule has 0 aliphatic rings. The average Bonchev–Trinajstić information content (AvgIpc) is 2.00. The van der Waals surface area contributed by atoms with Gasteiger partial charge in [0.15, 0.2) is 0 Å². The average molecular weight is 169 g/mol. The topological polar surface area (TPSA) is 29.1 Å². The minimum absolute atomic E-state index is 0.188. The fraction of sp³-hybridized carbons (Fsp3) is 0.222. The van der Waals surface area contributed by atoms with Gasteiger partial charge in [-0.05, 0) is 12.2 Å². The number of allylic oxidation sites excluding steroid dienone is 4. The molecule has 0 atom stereocenters. The highest BCUT2D eigenvalue weighted by atomic mass is 19.1. The molecule has 1 amide bonds. The van der Waals surface area contributed by atoms with Crippen LogP contribution in [0.5, 0.6) is 0 Å². The van der Waals surface area contributed by atoms with Gasteiger partial charge in [0.05, 0.1) is 0 Å². The van der Waals surface area contributed by atoms with Gasteiger partial charge in [0.2, 0.25) is 5.91 Å². The first-order valence-corrected chi connectivity index (χ1v) is 3.53. The predicted molar refractivity (Wildman–Crippen MR) is 47.2 cm³/mol. The lowest BCUT2D eigenvalue weighted by atomic mass is 10.3. The summed E-state index contributed by atoms with van der Waals surface area (Å²) in [7, 11) is 0. The van der Waals surface area contributed by atoms with E-state index in [-0.39, 0.29) is 5.91 Å². The second-order valence-electron chi connectivity index (χ2n) is 2.10. The quantitative estimate of drug-likeness (QED) is 0.638. The van der Waals surface area contributed by atoms with Crippen molar-refractivity contribution in [3.05, 3.63) is 36.6 Å². The van der Waals surface area contributed by atoms with Crippen LogP contribution in [0.1, 0.15) is 6.92 Å². The van der Waals surface area contributed by atoms with Gasteiger partial charge in [0, 0.05) is 12.6 Å². The second-order valence-corrected chi connectivity index (χ2v) is 2.10. The zero-order valence-electron chi connectivity index (χ0n) is 7.01. The van der Waals surface area contributed by atoms with Crippen molar-refractivity contribution in [3.8, 4) is 0 Å². The zero-order valence-corrected chi connectivity index (χ0v) is 7.01. The first kappa shape index (κ1) is 10.6. The molecule has 0 unspecified atom stereocenters. The van der Waals surface area contributed by atoms with E-state index in [4.69, 9.17) is 0 Å². The molecule has 0 heterocycles. The first-order chi connectivity index (χ1) is 5.70. The Bertz CT molecular complexity index is 219. The van der Waals surface area contributed by atoms with Crippen LogP contribution in [0.2, 0.25) is 0 Å². The van der Waals surface area contributed by atoms with Gasteiger partial charge in [-0.2, -0.15) is 0 Å². The molecule has 0 bridgehead atoms. The number of carbonyl (C=O) groups excluding carboxylic acids is 1. The van der Waals surface area contributed by atoms with E-state index in [1.165, 1.54) is 25.2 Å². The normalized spacial score (nSPS) is 11.7. The van der Waals surface area contributed by atoms with Crippen molar-refractivity contribution in [2.24, 2.45) is 0 Å². The number of hydrogen-bond acceptors (Lipinski definition) is 1. The third kappa shape index (κ3) is 5.41. The fourth-order valence-electron chi connectivity index (χ4n) is 0.641. The van der Waals surface area contributed by atoms with Gasteiger partial charge < -0.3 is 5.32 Å². The molecule has 1 N–H and O–H groups in total. The molecular formula is C9H12FNO. The van der Waals surface area contributed by atoms with Crippen molar-refractivity contribution in [1.82, 2.24) is 5.32 Å². The van der Waals surface area contributed by atoms with Crippen LogP contribution in [0.3, 0.4) is 0 Å². The van der Waals surface area contributed by atoms with Gasteiger partial charge in [-0.3, -0.25) is 4.79 Å². The molecule has 0 spiro atoms. The summed E-state index contributed by atoms with van der Waals surface area (Å²) < 4.78 is 11.7. The van der Waals surface area contributed by atoms with Gasteiger partial charge in [0.1, 0.15) is 6.67 Å². The van der Waals surface area contributed by atoms with Gasteiger partial charge in [0.25, 0.3) is 0 Å². The van der Waals surface area contributed by atoms with Crippen LogP contribution in [0.4, 0.5) is 4.39 Å². The monoisotopic (exact) mass is 169 g/mol. The molecule has 66 valence electrons. The van der Waals surface area contributed by atoms with Crippen molar-refractivity contribution >= 4 is 5.91 Å². The van der Waals surface area contributed by atoms with Crippen molar-refractivity contribution < 1.29 is 9.18 Å². The summed E-state index contributed by atoms with van der Waals surface area (Å²) in [6, 6.07) is 0. The lowest BCUT2D eigenvalue weighted by Crippen LogP contribution is -2.17. The molecule has 12 heavy (non-hydrogen) atoms. The number of halogens is 1. The number of nitrogens with one attached hydrogen (secondary N) is 1. The van der Waals surface area contributed by atoms with Gasteiger partial charge >= 0.3 is 0 Å². The highest BCUT2D eigenvalue weighted by Crippen LogP contribution is 1.92. The van der Waals surface area contributed by atoms with Crippen molar-refractivity contribution in [1.29, 1.82) is 0 Å². The van der Waals surface area contributed by atoms with Crippen LogP contribution in [0, 0.1) is 0 Å². The SMILES string of the molecule is C=C/C=C(\C=C/CF)NC(C)=O. The second kappa shape index (κ2) is 6.34. The van der Waals surface area contributed by atoms with Gasteiger partial charge in [-0.15, -0.1) is 0 Å². The molecular weight excluding hydrogens is 157 g/mol. The Morgan fingerprint density at radius 1 is 1.67 bits per heavy atom. The Morgan fingerprint density at radius 2 is 2.33 bits per heavy atom. The third-order valence-corrected chi connectivity index (χ3v) is 1.00. The summed E-state index contributed by atoms with van der Waals surface area (Å²) in [5, 5.41) is 2.51. The summed E-state index contributed by atoms with van der Waals surface area (Å²) in [5.74, 6) is -0.188. The first-order valence-electron chi connectivity index (χ1n) is 3.53. The number of amides is 1. The van der Waals surface area contributed by atoms with Gasteiger partial charge in [-0.1, -0.05) is 18.7 Å². The highest BCUT2D eigenvalue weighted by molar-refractivity contribution is 5.75. The third-order valence-electron chi connectivity index (χ3n) is 1.00. The molecule has 0 rings (SSSR count). The molecule has 2 nitrogen and oxygen atoms in total. The van der Waals surface area contributed by atoms with Crippen LogP contribution in [-0.4, -0.2) is 12.6 Å². The lowest BCUT2D eigenvalue weighted by molar-refractivity contribution is -0.118. The van der Waals surface area contributed by atoms with E-state index in [9.17, 15) is 9.18 Å². The minimum atomic E-state index is -0.548.